The van der Waals surface area contributed by atoms with E-state index in [0.717, 1.165) is 12.8 Å². The normalized spacial score (nSPS) is 31.1. The van der Waals surface area contributed by atoms with Crippen molar-refractivity contribution in [3.05, 3.63) is 0 Å². The highest BCUT2D eigenvalue weighted by Gasteiger charge is 2.62. The number of nitrogens with one attached hydrogen (secondary N) is 3. The van der Waals surface area contributed by atoms with Gasteiger partial charge < -0.3 is 15.5 Å². The van der Waals surface area contributed by atoms with Crippen molar-refractivity contribution in [3.8, 4) is 0 Å². The van der Waals surface area contributed by atoms with Crippen LogP contribution in [0.3, 0.4) is 0 Å². The number of alkyl halides is 4. The Morgan fingerprint density at radius 3 is 2.29 bits per heavy atom. The molecular weight excluding hydrogens is 567 g/mol. The van der Waals surface area contributed by atoms with E-state index in [9.17, 15) is 37.1 Å². The zero-order valence-electron chi connectivity index (χ0n) is 23.9. The lowest BCUT2D eigenvalue weighted by atomic mass is 9.85. The first kappa shape index (κ1) is 31.4. The molecule has 0 aromatic rings. The maximum atomic E-state index is 14.0. The van der Waals surface area contributed by atoms with Crippen LogP contribution >= 0.6 is 11.6 Å². The second kappa shape index (κ2) is 10.9. The van der Waals surface area contributed by atoms with E-state index in [-0.39, 0.29) is 30.8 Å². The summed E-state index contributed by atoms with van der Waals surface area (Å²) in [6.45, 7) is 8.53. The Hall–Kier alpha value is -2.57. The Morgan fingerprint density at radius 2 is 1.78 bits per heavy atom. The topological polar surface area (TPSA) is 128 Å². The summed E-state index contributed by atoms with van der Waals surface area (Å²) in [5.74, 6) is -9.49. The Bertz CT molecular complexity index is 1110. The number of amides is 5. The molecule has 2 aliphatic heterocycles. The van der Waals surface area contributed by atoms with Crippen LogP contribution in [0.25, 0.3) is 0 Å². The monoisotopic (exact) mass is 605 g/mol. The number of hydrogen-bond acceptors (Lipinski definition) is 5. The summed E-state index contributed by atoms with van der Waals surface area (Å²) in [6, 6.07) is -2.25. The SMILES string of the molecule is CC1(C)C[C@@H](CN(NC(=O)[C@@H]2[C@H]3CCC[C@H]3CN2C(=O)[C@@H](NC(=O)C2CC2(F)F)C(C)(C)C)C(=O)[C@H](F)Cl)C(=O)N1. The van der Waals surface area contributed by atoms with Crippen LogP contribution in [0.15, 0.2) is 0 Å². The van der Waals surface area contributed by atoms with Gasteiger partial charge in [0, 0.05) is 18.5 Å². The molecule has 2 aliphatic carbocycles. The zero-order chi connectivity index (χ0) is 30.7. The van der Waals surface area contributed by atoms with E-state index in [1.165, 1.54) is 4.90 Å². The fourth-order valence-corrected chi connectivity index (χ4v) is 6.61. The van der Waals surface area contributed by atoms with Crippen LogP contribution in [0.1, 0.15) is 66.7 Å². The minimum atomic E-state index is -3.11. The summed E-state index contributed by atoms with van der Waals surface area (Å²) in [7, 11) is 0. The predicted molar refractivity (Wildman–Crippen MR) is 142 cm³/mol. The van der Waals surface area contributed by atoms with Crippen LogP contribution in [0.2, 0.25) is 0 Å². The van der Waals surface area contributed by atoms with Gasteiger partial charge in [-0.05, 0) is 50.4 Å². The minimum Gasteiger partial charge on any atom is -0.351 e. The molecule has 0 spiro atoms. The first-order valence-corrected chi connectivity index (χ1v) is 14.5. The van der Waals surface area contributed by atoms with Gasteiger partial charge in [0.2, 0.25) is 17.7 Å². The Balaban J connectivity index is 1.56. The fourth-order valence-electron chi connectivity index (χ4n) is 6.49. The molecule has 4 aliphatic rings. The van der Waals surface area contributed by atoms with Gasteiger partial charge in [0.05, 0.1) is 12.5 Å². The fraction of sp³-hybridized carbons (Fsp3) is 0.815. The molecule has 0 aromatic heterocycles. The zero-order valence-corrected chi connectivity index (χ0v) is 24.7. The van der Waals surface area contributed by atoms with E-state index < -0.39 is 76.5 Å². The van der Waals surface area contributed by atoms with Crippen molar-refractivity contribution in [2.45, 2.75) is 95.9 Å². The molecule has 4 fully saturated rings. The third-order valence-corrected chi connectivity index (χ3v) is 8.86. The average molecular weight is 606 g/mol. The van der Waals surface area contributed by atoms with Crippen LogP contribution < -0.4 is 16.1 Å². The molecule has 2 saturated carbocycles. The van der Waals surface area contributed by atoms with Crippen molar-refractivity contribution in [1.29, 1.82) is 0 Å². The molecule has 230 valence electrons. The van der Waals surface area contributed by atoms with Crippen molar-refractivity contribution in [2.24, 2.45) is 29.1 Å². The van der Waals surface area contributed by atoms with Crippen molar-refractivity contribution in [3.63, 3.8) is 0 Å². The molecule has 0 bridgehead atoms. The lowest BCUT2D eigenvalue weighted by Crippen LogP contribution is -2.61. The summed E-state index contributed by atoms with van der Waals surface area (Å²) in [6.07, 6.45) is 1.95. The van der Waals surface area contributed by atoms with Crippen LogP contribution in [0, 0.1) is 29.1 Å². The molecule has 2 saturated heterocycles. The number of hydrazine groups is 1. The summed E-state index contributed by atoms with van der Waals surface area (Å²) in [5.41, 5.74) is -1.48. The van der Waals surface area contributed by atoms with Gasteiger partial charge in [-0.25, -0.2) is 18.2 Å². The number of hydrogen-bond donors (Lipinski definition) is 3. The van der Waals surface area contributed by atoms with Gasteiger partial charge in [-0.3, -0.25) is 29.4 Å². The molecule has 10 nitrogen and oxygen atoms in total. The highest BCUT2D eigenvalue weighted by Crippen LogP contribution is 2.49. The standard InChI is InChI=1S/C27H39ClF3N5O5/c1-25(2,3)18(32-21(38)16-10-27(16,30)31)23(40)35-11-13-7-6-8-15(13)17(35)22(39)34-36(24(41)19(28)29)12-14-9-26(4,5)33-20(14)37/h13-19H,6-12H2,1-5H3,(H,32,38)(H,33,37)(H,34,39)/t13-,14-,15-,16?,17-,18+,19-/m0/s1. The highest BCUT2D eigenvalue weighted by atomic mass is 35.5. The number of fused-ring (bicyclic) bond motifs is 1. The van der Waals surface area contributed by atoms with Gasteiger partial charge in [-0.15, -0.1) is 0 Å². The van der Waals surface area contributed by atoms with Crippen molar-refractivity contribution < 1.29 is 37.1 Å². The molecule has 0 aromatic carbocycles. The number of nitrogens with zero attached hydrogens (tertiary/aromatic N) is 2. The molecule has 5 amide bonds. The Morgan fingerprint density at radius 1 is 1.15 bits per heavy atom. The molecule has 4 rings (SSSR count). The van der Waals surface area contributed by atoms with Crippen LogP contribution in [-0.2, 0) is 24.0 Å². The summed E-state index contributed by atoms with van der Waals surface area (Å²) in [4.78, 5) is 66.7. The number of likely N-dealkylation sites (tertiary alicyclic amines) is 1. The molecule has 7 atom stereocenters. The van der Waals surface area contributed by atoms with E-state index in [2.05, 4.69) is 16.1 Å². The minimum absolute atomic E-state index is 0.0219. The van der Waals surface area contributed by atoms with Crippen LogP contribution in [0.4, 0.5) is 13.2 Å². The van der Waals surface area contributed by atoms with E-state index in [1.54, 1.807) is 34.6 Å². The molecule has 14 heteroatoms. The molecule has 2 heterocycles. The van der Waals surface area contributed by atoms with Gasteiger partial charge in [-0.1, -0.05) is 38.8 Å². The van der Waals surface area contributed by atoms with E-state index in [0.29, 0.717) is 17.9 Å². The number of carbonyl (C=O) groups excluding carboxylic acids is 5. The average Bonchev–Trinajstić information content (AvgIpc) is 3.15. The highest BCUT2D eigenvalue weighted by molar-refractivity contribution is 6.29. The van der Waals surface area contributed by atoms with E-state index >= 15 is 0 Å². The van der Waals surface area contributed by atoms with Crippen molar-refractivity contribution in [2.75, 3.05) is 13.1 Å². The lowest BCUT2D eigenvalue weighted by molar-refractivity contribution is -0.150. The Labute approximate surface area is 242 Å². The smallest absolute Gasteiger partial charge is 0.291 e. The maximum Gasteiger partial charge on any atom is 0.291 e. The molecule has 0 radical (unpaired) electrons. The number of rotatable bonds is 7. The number of carbonyl (C=O) groups is 5. The van der Waals surface area contributed by atoms with Crippen LogP contribution in [-0.4, -0.2) is 81.7 Å². The third kappa shape index (κ3) is 6.59. The van der Waals surface area contributed by atoms with Gasteiger partial charge >= 0.3 is 0 Å². The quantitative estimate of drug-likeness (QED) is 0.303. The van der Waals surface area contributed by atoms with Crippen molar-refractivity contribution in [1.82, 2.24) is 26.0 Å². The van der Waals surface area contributed by atoms with E-state index in [4.69, 9.17) is 11.6 Å². The van der Waals surface area contributed by atoms with Gasteiger partial charge in [-0.2, -0.15) is 0 Å². The molecular formula is C27H39ClF3N5O5. The predicted octanol–water partition coefficient (Wildman–Crippen LogP) is 2.11. The molecule has 3 N–H and O–H groups in total. The first-order chi connectivity index (χ1) is 18.8. The molecule has 1 unspecified atom stereocenters. The summed E-state index contributed by atoms with van der Waals surface area (Å²) >= 11 is 5.44. The second-order valence-electron chi connectivity index (χ2n) is 13.6. The Kier molecular flexibility index (Phi) is 8.36. The molecule has 41 heavy (non-hydrogen) atoms. The summed E-state index contributed by atoms with van der Waals surface area (Å²) in [5, 5.41) is 5.98. The van der Waals surface area contributed by atoms with Gasteiger partial charge in [0.1, 0.15) is 18.0 Å². The summed E-state index contributed by atoms with van der Waals surface area (Å²) < 4.78 is 41.1. The van der Waals surface area contributed by atoms with Gasteiger partial charge in [0.15, 0.2) is 0 Å². The largest absolute Gasteiger partial charge is 0.351 e. The first-order valence-electron chi connectivity index (χ1n) is 14.0. The third-order valence-electron chi connectivity index (χ3n) is 8.67. The lowest BCUT2D eigenvalue weighted by Gasteiger charge is -2.37. The van der Waals surface area contributed by atoms with Crippen molar-refractivity contribution >= 4 is 41.1 Å². The second-order valence-corrected chi connectivity index (χ2v) is 14.0. The maximum absolute atomic E-state index is 14.0. The van der Waals surface area contributed by atoms with Gasteiger partial charge in [0.25, 0.3) is 23.4 Å². The van der Waals surface area contributed by atoms with Crippen LogP contribution in [0.5, 0.6) is 0 Å². The van der Waals surface area contributed by atoms with E-state index in [1.807, 2.05) is 0 Å². The number of halogens is 4.